The van der Waals surface area contributed by atoms with E-state index in [9.17, 15) is 4.79 Å². The summed E-state index contributed by atoms with van der Waals surface area (Å²) in [7, 11) is 1.78. The van der Waals surface area contributed by atoms with E-state index in [0.29, 0.717) is 11.7 Å². The molecule has 0 aliphatic heterocycles. The molecule has 3 heterocycles. The molecule has 7 nitrogen and oxygen atoms in total. The van der Waals surface area contributed by atoms with Crippen LogP contribution in [0.15, 0.2) is 70.7 Å². The van der Waals surface area contributed by atoms with E-state index in [-0.39, 0.29) is 11.7 Å². The molecular weight excluding hydrogens is 434 g/mol. The molecule has 1 aromatic carbocycles. The number of furan rings is 1. The first kappa shape index (κ1) is 22.8. The number of rotatable bonds is 9. The number of nitrogens with zero attached hydrogens (tertiary/aromatic N) is 5. The predicted molar refractivity (Wildman–Crippen MR) is 129 cm³/mol. The third-order valence-electron chi connectivity index (χ3n) is 5.47. The summed E-state index contributed by atoms with van der Waals surface area (Å²) in [6.07, 6.45) is 6.90. The van der Waals surface area contributed by atoms with Crippen LogP contribution < -0.4 is 0 Å². The molecule has 4 rings (SSSR count). The molecule has 0 spiro atoms. The van der Waals surface area contributed by atoms with Gasteiger partial charge in [0.05, 0.1) is 24.2 Å². The first-order valence-electron chi connectivity index (χ1n) is 11.0. The summed E-state index contributed by atoms with van der Waals surface area (Å²) in [5.74, 6) is 1.71. The van der Waals surface area contributed by atoms with Crippen LogP contribution in [0.25, 0.3) is 17.1 Å². The van der Waals surface area contributed by atoms with Gasteiger partial charge in [0.2, 0.25) is 5.91 Å². The average molecular weight is 462 g/mol. The summed E-state index contributed by atoms with van der Waals surface area (Å²) in [4.78, 5) is 18.7. The zero-order valence-corrected chi connectivity index (χ0v) is 19.9. The van der Waals surface area contributed by atoms with E-state index in [2.05, 4.69) is 51.8 Å². The Balaban J connectivity index is 1.68. The molecule has 8 heteroatoms. The van der Waals surface area contributed by atoms with Crippen molar-refractivity contribution in [1.29, 1.82) is 0 Å². The van der Waals surface area contributed by atoms with Crippen molar-refractivity contribution in [3.05, 3.63) is 78.0 Å². The van der Waals surface area contributed by atoms with Gasteiger partial charge in [0, 0.05) is 25.0 Å². The molecule has 0 radical (unpaired) electrons. The first-order valence-corrected chi connectivity index (χ1v) is 12.0. The van der Waals surface area contributed by atoms with Crippen LogP contribution in [0.3, 0.4) is 0 Å². The van der Waals surface area contributed by atoms with Crippen LogP contribution in [0, 0.1) is 0 Å². The van der Waals surface area contributed by atoms with Crippen molar-refractivity contribution < 1.29 is 9.21 Å². The number of hydrogen-bond acceptors (Lipinski definition) is 6. The standard InChI is InChI=1S/C25H27N5O2S/c1-4-18-9-6-10-19(5-2)23(18)30-24(20-11-7-13-26-15-20)27-28-25(30)33-17-22(31)29(3)16-21-12-8-14-32-21/h6-15H,4-5,16-17H2,1-3H3. The van der Waals surface area contributed by atoms with Crippen LogP contribution in [-0.4, -0.2) is 43.4 Å². The summed E-state index contributed by atoms with van der Waals surface area (Å²) in [6, 6.07) is 13.9. The number of pyridine rings is 1. The molecule has 0 saturated heterocycles. The third-order valence-corrected chi connectivity index (χ3v) is 6.38. The van der Waals surface area contributed by atoms with Crippen molar-refractivity contribution in [2.75, 3.05) is 12.8 Å². The fourth-order valence-electron chi connectivity index (χ4n) is 3.71. The lowest BCUT2D eigenvalue weighted by Crippen LogP contribution is -2.27. The largest absolute Gasteiger partial charge is 0.467 e. The molecule has 0 unspecified atom stereocenters. The maximum absolute atomic E-state index is 12.8. The molecule has 1 amide bonds. The number of para-hydroxylation sites is 1. The second kappa shape index (κ2) is 10.5. The minimum Gasteiger partial charge on any atom is -0.467 e. The number of amides is 1. The van der Waals surface area contributed by atoms with Crippen LogP contribution in [-0.2, 0) is 24.2 Å². The van der Waals surface area contributed by atoms with Crippen molar-refractivity contribution in [2.45, 2.75) is 38.4 Å². The second-order valence-corrected chi connectivity index (χ2v) is 8.58. The molecule has 0 bridgehead atoms. The number of aromatic nitrogens is 4. The zero-order valence-electron chi connectivity index (χ0n) is 19.1. The molecule has 3 aromatic heterocycles. The van der Waals surface area contributed by atoms with Gasteiger partial charge in [0.15, 0.2) is 11.0 Å². The fourth-order valence-corrected chi connectivity index (χ4v) is 4.59. The molecule has 0 fully saturated rings. The lowest BCUT2D eigenvalue weighted by atomic mass is 10.0. The fraction of sp³-hybridized carbons (Fsp3) is 0.280. The van der Waals surface area contributed by atoms with Crippen LogP contribution in [0.5, 0.6) is 0 Å². The van der Waals surface area contributed by atoms with Crippen molar-refractivity contribution in [1.82, 2.24) is 24.6 Å². The number of carbonyl (C=O) groups is 1. The summed E-state index contributed by atoms with van der Waals surface area (Å²) in [6.45, 7) is 4.72. The van der Waals surface area contributed by atoms with Gasteiger partial charge in [-0.05, 0) is 48.2 Å². The van der Waals surface area contributed by atoms with E-state index in [4.69, 9.17) is 4.42 Å². The molecule has 33 heavy (non-hydrogen) atoms. The van der Waals surface area contributed by atoms with Crippen molar-refractivity contribution in [3.63, 3.8) is 0 Å². The zero-order chi connectivity index (χ0) is 23.2. The third kappa shape index (κ3) is 5.01. The molecule has 0 N–H and O–H groups in total. The quantitative estimate of drug-likeness (QED) is 0.333. The Hall–Kier alpha value is -3.39. The highest BCUT2D eigenvalue weighted by Gasteiger charge is 2.22. The molecule has 4 aromatic rings. The van der Waals surface area contributed by atoms with Gasteiger partial charge >= 0.3 is 0 Å². The lowest BCUT2D eigenvalue weighted by Gasteiger charge is -2.18. The van der Waals surface area contributed by atoms with Gasteiger partial charge in [-0.1, -0.05) is 43.8 Å². The van der Waals surface area contributed by atoms with Crippen molar-refractivity contribution in [2.24, 2.45) is 0 Å². The van der Waals surface area contributed by atoms with E-state index >= 15 is 0 Å². The average Bonchev–Trinajstić information content (AvgIpc) is 3.52. The van der Waals surface area contributed by atoms with Crippen molar-refractivity contribution >= 4 is 17.7 Å². The minimum absolute atomic E-state index is 0.00614. The highest BCUT2D eigenvalue weighted by molar-refractivity contribution is 7.99. The topological polar surface area (TPSA) is 77.0 Å². The van der Waals surface area contributed by atoms with Gasteiger partial charge in [-0.3, -0.25) is 14.3 Å². The van der Waals surface area contributed by atoms with E-state index < -0.39 is 0 Å². The van der Waals surface area contributed by atoms with Gasteiger partial charge in [-0.2, -0.15) is 0 Å². The molecule has 0 atom stereocenters. The summed E-state index contributed by atoms with van der Waals surface area (Å²) in [5, 5.41) is 9.68. The Kier molecular flexibility index (Phi) is 7.24. The number of hydrogen-bond donors (Lipinski definition) is 0. The number of benzene rings is 1. The predicted octanol–water partition coefficient (Wildman–Crippen LogP) is 4.80. The monoisotopic (exact) mass is 461 g/mol. The van der Waals surface area contributed by atoms with Crippen LogP contribution >= 0.6 is 11.8 Å². The first-order chi connectivity index (χ1) is 16.1. The summed E-state index contributed by atoms with van der Waals surface area (Å²) >= 11 is 1.39. The Morgan fingerprint density at radius 1 is 1.06 bits per heavy atom. The van der Waals surface area contributed by atoms with E-state index in [1.54, 1.807) is 30.6 Å². The normalized spacial score (nSPS) is 11.0. The van der Waals surface area contributed by atoms with Gasteiger partial charge in [-0.15, -0.1) is 10.2 Å². The van der Waals surface area contributed by atoms with Crippen LogP contribution in [0.2, 0.25) is 0 Å². The Morgan fingerprint density at radius 2 is 1.85 bits per heavy atom. The second-order valence-electron chi connectivity index (χ2n) is 7.63. The Morgan fingerprint density at radius 3 is 2.48 bits per heavy atom. The number of thioether (sulfide) groups is 1. The van der Waals surface area contributed by atoms with Gasteiger partial charge < -0.3 is 9.32 Å². The van der Waals surface area contributed by atoms with Crippen molar-refractivity contribution in [3.8, 4) is 17.1 Å². The number of aryl methyl sites for hydroxylation is 2. The van der Waals surface area contributed by atoms with Crippen LogP contribution in [0.1, 0.15) is 30.7 Å². The maximum Gasteiger partial charge on any atom is 0.233 e. The molecule has 0 aliphatic carbocycles. The highest BCUT2D eigenvalue weighted by atomic mass is 32.2. The molecule has 170 valence electrons. The maximum atomic E-state index is 12.8. The Labute approximate surface area is 197 Å². The number of carbonyl (C=O) groups excluding carboxylic acids is 1. The SMILES string of the molecule is CCc1cccc(CC)c1-n1c(SCC(=O)N(C)Cc2ccco2)nnc1-c1cccnc1. The smallest absolute Gasteiger partial charge is 0.233 e. The van der Waals surface area contributed by atoms with E-state index in [1.165, 1.54) is 22.9 Å². The van der Waals surface area contributed by atoms with E-state index in [0.717, 1.165) is 35.7 Å². The van der Waals surface area contributed by atoms with Gasteiger partial charge in [0.25, 0.3) is 0 Å². The van der Waals surface area contributed by atoms with Crippen LogP contribution in [0.4, 0.5) is 0 Å². The summed E-state index contributed by atoms with van der Waals surface area (Å²) in [5.41, 5.74) is 4.39. The highest BCUT2D eigenvalue weighted by Crippen LogP contribution is 2.32. The Bertz CT molecular complexity index is 1180. The van der Waals surface area contributed by atoms with Gasteiger partial charge in [-0.25, -0.2) is 0 Å². The van der Waals surface area contributed by atoms with Gasteiger partial charge in [0.1, 0.15) is 5.76 Å². The molecular formula is C25H27N5O2S. The van der Waals surface area contributed by atoms with E-state index in [1.807, 2.05) is 24.3 Å². The molecule has 0 aliphatic rings. The minimum atomic E-state index is -0.00614. The summed E-state index contributed by atoms with van der Waals surface area (Å²) < 4.78 is 7.45. The lowest BCUT2D eigenvalue weighted by molar-refractivity contribution is -0.127. The molecule has 0 saturated carbocycles.